The van der Waals surface area contributed by atoms with Gasteiger partial charge in [0.05, 0.1) is 18.8 Å². The Morgan fingerprint density at radius 1 is 0.875 bits per heavy atom. The van der Waals surface area contributed by atoms with Crippen molar-refractivity contribution in [3.63, 3.8) is 0 Å². The first-order chi connectivity index (χ1) is 15.2. The molecule has 9 nitrogen and oxygen atoms in total. The number of epoxide rings is 1. The van der Waals surface area contributed by atoms with Gasteiger partial charge in [-0.15, -0.1) is 0 Å². The molecule has 2 aliphatic rings. The minimum absolute atomic E-state index is 0.316. The zero-order valence-corrected chi connectivity index (χ0v) is 22.8. The highest BCUT2D eigenvalue weighted by atomic mass is 28.4. The van der Waals surface area contributed by atoms with E-state index in [1.165, 1.54) is 19.3 Å². The van der Waals surface area contributed by atoms with Gasteiger partial charge in [-0.1, -0.05) is 6.58 Å². The number of rotatable bonds is 14. The lowest BCUT2D eigenvalue weighted by Gasteiger charge is -2.27. The van der Waals surface area contributed by atoms with Gasteiger partial charge in [-0.3, -0.25) is 0 Å². The normalized spacial score (nSPS) is 22.4. The predicted molar refractivity (Wildman–Crippen MR) is 124 cm³/mol. The molecule has 188 valence electrons. The summed E-state index contributed by atoms with van der Waals surface area (Å²) in [6.07, 6.45) is 6.65. The molecule has 0 aromatic carbocycles. The quantitative estimate of drug-likeness (QED) is 0.119. The minimum Gasteiger partial charge on any atom is -0.462 e. The first-order valence-corrected chi connectivity index (χ1v) is 14.9. The largest absolute Gasteiger partial charge is 0.500 e. The third-order valence-electron chi connectivity index (χ3n) is 6.05. The molecule has 0 aromatic rings. The van der Waals surface area contributed by atoms with Crippen LogP contribution in [0.25, 0.3) is 0 Å². The van der Waals surface area contributed by atoms with Crippen molar-refractivity contribution in [1.82, 2.24) is 0 Å². The third kappa shape index (κ3) is 9.31. The number of esters is 1. The van der Waals surface area contributed by atoms with Crippen LogP contribution >= 0.6 is 0 Å². The lowest BCUT2D eigenvalue weighted by molar-refractivity contribution is -0.139. The first-order valence-electron chi connectivity index (χ1n) is 11.0. The number of carbonyl (C=O) groups excluding carboxylic acids is 1. The summed E-state index contributed by atoms with van der Waals surface area (Å²) < 4.78 is 42.5. The van der Waals surface area contributed by atoms with Crippen LogP contribution < -0.4 is 0 Å². The average Bonchev–Trinajstić information content (AvgIpc) is 3.60. The van der Waals surface area contributed by atoms with Gasteiger partial charge in [0.1, 0.15) is 0 Å². The van der Waals surface area contributed by atoms with Crippen LogP contribution in [-0.4, -0.2) is 85.1 Å². The molecule has 1 saturated carbocycles. The van der Waals surface area contributed by atoms with E-state index in [-0.39, 0.29) is 5.97 Å². The van der Waals surface area contributed by atoms with E-state index in [1.807, 2.05) is 0 Å². The second kappa shape index (κ2) is 14.6. The fraction of sp³-hybridized carbons (Fsp3) is 0.857. The van der Waals surface area contributed by atoms with E-state index < -0.39 is 17.6 Å². The van der Waals surface area contributed by atoms with Gasteiger partial charge >= 0.3 is 23.6 Å². The van der Waals surface area contributed by atoms with Crippen molar-refractivity contribution >= 4 is 23.6 Å². The molecule has 0 amide bonds. The molecule has 1 aliphatic heterocycles. The fourth-order valence-electron chi connectivity index (χ4n) is 3.82. The smallest absolute Gasteiger partial charge is 0.462 e. The molecule has 2 rings (SSSR count). The molecule has 2 fully saturated rings. The number of ether oxygens (including phenoxy) is 2. The van der Waals surface area contributed by atoms with Crippen LogP contribution in [0.15, 0.2) is 12.2 Å². The van der Waals surface area contributed by atoms with Crippen LogP contribution in [0.5, 0.6) is 0 Å². The van der Waals surface area contributed by atoms with Crippen LogP contribution in [0, 0.1) is 5.92 Å². The summed E-state index contributed by atoms with van der Waals surface area (Å²) in [6.45, 7) is 5.42. The van der Waals surface area contributed by atoms with Crippen molar-refractivity contribution < 1.29 is 40.8 Å². The van der Waals surface area contributed by atoms with Crippen molar-refractivity contribution in [2.75, 3.05) is 49.3 Å². The molecular weight excluding hydrogens is 452 g/mol. The Hall–Kier alpha value is -0.636. The molecule has 1 aliphatic carbocycles. The SMILES string of the molecule is C=C(C)C(=O)OCCC[Si](OC)(OC)OC.CO[Si](CCC1CCC2OC2C1)(OC)OC. The average molecular weight is 495 g/mol. The van der Waals surface area contributed by atoms with Crippen LogP contribution in [0.3, 0.4) is 0 Å². The topological polar surface area (TPSA) is 94.2 Å². The summed E-state index contributed by atoms with van der Waals surface area (Å²) in [5, 5.41) is 0. The summed E-state index contributed by atoms with van der Waals surface area (Å²) in [5.41, 5.74) is 0.397. The summed E-state index contributed by atoms with van der Waals surface area (Å²) in [4.78, 5) is 11.1. The Balaban J connectivity index is 0.000000320. The van der Waals surface area contributed by atoms with Crippen molar-refractivity contribution in [2.24, 2.45) is 5.92 Å². The van der Waals surface area contributed by atoms with Crippen LogP contribution in [0.1, 0.15) is 39.0 Å². The van der Waals surface area contributed by atoms with Crippen LogP contribution in [-0.2, 0) is 40.8 Å². The second-order valence-corrected chi connectivity index (χ2v) is 14.2. The zero-order valence-electron chi connectivity index (χ0n) is 20.8. The van der Waals surface area contributed by atoms with E-state index >= 15 is 0 Å². The maximum Gasteiger partial charge on any atom is 0.500 e. The van der Waals surface area contributed by atoms with Gasteiger partial charge in [0.15, 0.2) is 0 Å². The predicted octanol–water partition coefficient (Wildman–Crippen LogP) is 3.20. The maximum atomic E-state index is 11.1. The molecule has 3 unspecified atom stereocenters. The van der Waals surface area contributed by atoms with Gasteiger partial charge in [-0.05, 0) is 44.9 Å². The van der Waals surface area contributed by atoms with Crippen molar-refractivity contribution in [2.45, 2.75) is 63.3 Å². The van der Waals surface area contributed by atoms with Gasteiger partial charge in [-0.25, -0.2) is 4.79 Å². The molecule has 0 bridgehead atoms. The Bertz CT molecular complexity index is 551. The number of hydrogen-bond acceptors (Lipinski definition) is 9. The van der Waals surface area contributed by atoms with Gasteiger partial charge in [0, 0.05) is 60.3 Å². The highest BCUT2D eigenvalue weighted by molar-refractivity contribution is 6.60. The first kappa shape index (κ1) is 29.4. The van der Waals surface area contributed by atoms with E-state index in [2.05, 4.69) is 6.58 Å². The van der Waals surface area contributed by atoms with Crippen LogP contribution in [0.4, 0.5) is 0 Å². The molecular formula is C21H42O9Si2. The van der Waals surface area contributed by atoms with Crippen molar-refractivity contribution in [3.05, 3.63) is 12.2 Å². The van der Waals surface area contributed by atoms with Gasteiger partial charge < -0.3 is 36.0 Å². The highest BCUT2D eigenvalue weighted by Crippen LogP contribution is 2.41. The lowest BCUT2D eigenvalue weighted by Crippen LogP contribution is -2.43. The van der Waals surface area contributed by atoms with Gasteiger partial charge in [0.25, 0.3) is 0 Å². The van der Waals surface area contributed by atoms with E-state index in [1.54, 1.807) is 49.6 Å². The Labute approximate surface area is 195 Å². The number of hydrogen-bond donors (Lipinski definition) is 0. The van der Waals surface area contributed by atoms with E-state index in [9.17, 15) is 4.79 Å². The lowest BCUT2D eigenvalue weighted by atomic mass is 9.88. The summed E-state index contributed by atoms with van der Waals surface area (Å²) >= 11 is 0. The molecule has 0 spiro atoms. The molecule has 1 heterocycles. The minimum atomic E-state index is -2.53. The molecule has 0 aromatic heterocycles. The fourth-order valence-corrected chi connectivity index (χ4v) is 7.38. The monoisotopic (exact) mass is 494 g/mol. The number of fused-ring (bicyclic) bond motifs is 1. The summed E-state index contributed by atoms with van der Waals surface area (Å²) in [6, 6.07) is 1.53. The van der Waals surface area contributed by atoms with Gasteiger partial charge in [0.2, 0.25) is 0 Å². The molecule has 11 heteroatoms. The number of carbonyl (C=O) groups is 1. The van der Waals surface area contributed by atoms with Crippen molar-refractivity contribution in [1.29, 1.82) is 0 Å². The van der Waals surface area contributed by atoms with Crippen molar-refractivity contribution in [3.8, 4) is 0 Å². The Morgan fingerprint density at radius 3 is 1.88 bits per heavy atom. The Morgan fingerprint density at radius 2 is 1.41 bits per heavy atom. The third-order valence-corrected chi connectivity index (χ3v) is 11.6. The van der Waals surface area contributed by atoms with E-state index in [4.69, 9.17) is 36.0 Å². The molecule has 1 saturated heterocycles. The summed E-state index contributed by atoms with van der Waals surface area (Å²) in [5.74, 6) is 0.385. The standard InChI is InChI=1S/C11H22O4Si.C10H20O5Si/c1-12-16(13-2,14-3)7-6-9-4-5-10-11(8-9)15-10;1-9(2)10(11)15-7-6-8-16(12-3,13-4)14-5/h9-11H,4-8H2,1-3H3;1,6-8H2,2-5H3. The van der Waals surface area contributed by atoms with E-state index in [0.717, 1.165) is 18.4 Å². The van der Waals surface area contributed by atoms with Crippen LogP contribution in [0.2, 0.25) is 12.1 Å². The van der Waals surface area contributed by atoms with Gasteiger partial charge in [-0.2, -0.15) is 0 Å². The Kier molecular flexibility index (Phi) is 13.4. The molecule has 32 heavy (non-hydrogen) atoms. The molecule has 3 atom stereocenters. The maximum absolute atomic E-state index is 11.1. The molecule has 0 N–H and O–H groups in total. The summed E-state index contributed by atoms with van der Waals surface area (Å²) in [7, 11) is 4.83. The second-order valence-electron chi connectivity index (χ2n) is 8.04. The van der Waals surface area contributed by atoms with E-state index in [0.29, 0.717) is 36.9 Å². The molecule has 0 radical (unpaired) electrons. The zero-order chi connectivity index (χ0) is 24.2. The highest BCUT2D eigenvalue weighted by Gasteiger charge is 2.45.